The van der Waals surface area contributed by atoms with Gasteiger partial charge in [-0.15, -0.1) is 11.3 Å². The lowest BCUT2D eigenvalue weighted by Crippen LogP contribution is -2.39. The second-order valence-corrected chi connectivity index (χ2v) is 11.4. The molecule has 2 heterocycles. The summed E-state index contributed by atoms with van der Waals surface area (Å²) in [5.41, 5.74) is 0. The standard InChI is InChI=1S/C17H21NO5S3/c1-25(20,21)14-4-6-15(7-5-14)26(22,23)18-10-8-13(9-11-18)17(19)16-3-2-12-24-16/h2-7,12-13,17,19H,8-11H2,1H3. The first-order chi connectivity index (χ1) is 12.2. The zero-order chi connectivity index (χ0) is 18.9. The maximum Gasteiger partial charge on any atom is 0.243 e. The smallest absolute Gasteiger partial charge is 0.243 e. The zero-order valence-corrected chi connectivity index (χ0v) is 16.7. The van der Waals surface area contributed by atoms with Crippen LogP contribution in [0.5, 0.6) is 0 Å². The Hall–Kier alpha value is -1.26. The van der Waals surface area contributed by atoms with Crippen LogP contribution in [0.4, 0.5) is 0 Å². The van der Waals surface area contributed by atoms with E-state index in [4.69, 9.17) is 0 Å². The first-order valence-electron chi connectivity index (χ1n) is 8.21. The summed E-state index contributed by atoms with van der Waals surface area (Å²) >= 11 is 1.50. The highest BCUT2D eigenvalue weighted by atomic mass is 32.2. The molecule has 1 aromatic carbocycles. The van der Waals surface area contributed by atoms with Crippen molar-refractivity contribution in [3.8, 4) is 0 Å². The Labute approximate surface area is 158 Å². The lowest BCUT2D eigenvalue weighted by Gasteiger charge is -2.33. The van der Waals surface area contributed by atoms with E-state index in [0.29, 0.717) is 25.9 Å². The third-order valence-corrected chi connectivity index (χ3v) is 8.65. The lowest BCUT2D eigenvalue weighted by molar-refractivity contribution is 0.0789. The van der Waals surface area contributed by atoms with E-state index in [9.17, 15) is 21.9 Å². The van der Waals surface area contributed by atoms with Gasteiger partial charge in [0.25, 0.3) is 0 Å². The van der Waals surface area contributed by atoms with E-state index in [1.807, 2.05) is 17.5 Å². The fourth-order valence-corrected chi connectivity index (χ4v) is 6.04. The molecule has 6 nitrogen and oxygen atoms in total. The normalized spacial score (nSPS) is 18.7. The van der Waals surface area contributed by atoms with Gasteiger partial charge in [0.05, 0.1) is 15.9 Å². The SMILES string of the molecule is CS(=O)(=O)c1ccc(S(=O)(=O)N2CCC(C(O)c3cccs3)CC2)cc1. The molecule has 0 radical (unpaired) electrons. The Morgan fingerprint density at radius 3 is 2.12 bits per heavy atom. The number of sulfonamides is 1. The van der Waals surface area contributed by atoms with Gasteiger partial charge in [-0.25, -0.2) is 16.8 Å². The molecule has 1 fully saturated rings. The quantitative estimate of drug-likeness (QED) is 0.809. The number of hydrogen-bond acceptors (Lipinski definition) is 6. The number of sulfone groups is 1. The van der Waals surface area contributed by atoms with Gasteiger partial charge in [-0.05, 0) is 54.5 Å². The zero-order valence-electron chi connectivity index (χ0n) is 14.3. The molecular formula is C17H21NO5S3. The summed E-state index contributed by atoms with van der Waals surface area (Å²) in [6.45, 7) is 0.673. The van der Waals surface area contributed by atoms with Gasteiger partial charge < -0.3 is 5.11 Å². The van der Waals surface area contributed by atoms with Crippen molar-refractivity contribution >= 4 is 31.2 Å². The fraction of sp³-hybridized carbons (Fsp3) is 0.412. The summed E-state index contributed by atoms with van der Waals surface area (Å²) < 4.78 is 50.0. The van der Waals surface area contributed by atoms with Gasteiger partial charge in [-0.1, -0.05) is 6.07 Å². The van der Waals surface area contributed by atoms with Gasteiger partial charge in [0.15, 0.2) is 9.84 Å². The highest BCUT2D eigenvalue weighted by Crippen LogP contribution is 2.34. The molecule has 0 spiro atoms. The maximum absolute atomic E-state index is 12.8. The van der Waals surface area contributed by atoms with E-state index in [-0.39, 0.29) is 15.7 Å². The van der Waals surface area contributed by atoms with Crippen LogP contribution < -0.4 is 0 Å². The molecule has 1 unspecified atom stereocenters. The minimum atomic E-state index is -3.67. The molecule has 0 aliphatic carbocycles. The maximum atomic E-state index is 12.8. The molecule has 1 aromatic heterocycles. The highest BCUT2D eigenvalue weighted by molar-refractivity contribution is 7.90. The molecule has 0 saturated carbocycles. The van der Waals surface area contributed by atoms with Crippen molar-refractivity contribution in [1.82, 2.24) is 4.31 Å². The van der Waals surface area contributed by atoms with Crippen molar-refractivity contribution in [2.75, 3.05) is 19.3 Å². The molecule has 3 rings (SSSR count). The van der Waals surface area contributed by atoms with Gasteiger partial charge in [0.2, 0.25) is 10.0 Å². The minimum Gasteiger partial charge on any atom is -0.387 e. The second kappa shape index (κ2) is 7.40. The van der Waals surface area contributed by atoms with Crippen LogP contribution in [-0.2, 0) is 19.9 Å². The van der Waals surface area contributed by atoms with Crippen LogP contribution >= 0.6 is 11.3 Å². The molecule has 1 atom stereocenters. The van der Waals surface area contributed by atoms with Gasteiger partial charge >= 0.3 is 0 Å². The Balaban J connectivity index is 1.70. The summed E-state index contributed by atoms with van der Waals surface area (Å²) in [6, 6.07) is 9.08. The van der Waals surface area contributed by atoms with Crippen LogP contribution in [0.2, 0.25) is 0 Å². The predicted octanol–water partition coefficient (Wildman–Crippen LogP) is 2.29. The molecule has 0 amide bonds. The van der Waals surface area contributed by atoms with Crippen molar-refractivity contribution < 1.29 is 21.9 Å². The van der Waals surface area contributed by atoms with Crippen LogP contribution in [0.1, 0.15) is 23.8 Å². The summed E-state index contributed by atoms with van der Waals surface area (Å²) in [6.07, 6.45) is 1.69. The fourth-order valence-electron chi connectivity index (χ4n) is 3.13. The summed E-state index contributed by atoms with van der Waals surface area (Å²) in [7, 11) is -7.03. The van der Waals surface area contributed by atoms with Crippen molar-refractivity contribution in [2.45, 2.75) is 28.7 Å². The Kier molecular flexibility index (Phi) is 5.55. The van der Waals surface area contributed by atoms with Gasteiger partial charge in [0.1, 0.15) is 0 Å². The van der Waals surface area contributed by atoms with Crippen LogP contribution in [-0.4, -0.2) is 45.6 Å². The Bertz CT molecular complexity index is 942. The molecule has 9 heteroatoms. The monoisotopic (exact) mass is 415 g/mol. The van der Waals surface area contributed by atoms with Crippen LogP contribution in [0.3, 0.4) is 0 Å². The van der Waals surface area contributed by atoms with Gasteiger partial charge in [-0.3, -0.25) is 0 Å². The van der Waals surface area contributed by atoms with E-state index >= 15 is 0 Å². The molecular weight excluding hydrogens is 394 g/mol. The molecule has 1 N–H and O–H groups in total. The number of rotatable bonds is 5. The number of aliphatic hydroxyl groups excluding tert-OH is 1. The summed E-state index contributed by atoms with van der Waals surface area (Å²) in [5, 5.41) is 12.3. The number of hydrogen-bond donors (Lipinski definition) is 1. The van der Waals surface area contributed by atoms with Crippen molar-refractivity contribution in [3.63, 3.8) is 0 Å². The third-order valence-electron chi connectivity index (χ3n) is 4.67. The number of piperidine rings is 1. The number of thiophene rings is 1. The molecule has 1 aliphatic rings. The Morgan fingerprint density at radius 2 is 1.62 bits per heavy atom. The van der Waals surface area contributed by atoms with E-state index in [0.717, 1.165) is 11.1 Å². The molecule has 2 aromatic rings. The lowest BCUT2D eigenvalue weighted by atomic mass is 9.91. The molecule has 142 valence electrons. The third kappa shape index (κ3) is 4.01. The average molecular weight is 416 g/mol. The largest absolute Gasteiger partial charge is 0.387 e. The minimum absolute atomic E-state index is 0.0349. The second-order valence-electron chi connectivity index (χ2n) is 6.45. The molecule has 26 heavy (non-hydrogen) atoms. The topological polar surface area (TPSA) is 91.8 Å². The predicted molar refractivity (Wildman–Crippen MR) is 100 cm³/mol. The van der Waals surface area contributed by atoms with E-state index in [1.54, 1.807) is 0 Å². The number of benzene rings is 1. The average Bonchev–Trinajstić information content (AvgIpc) is 3.15. The van der Waals surface area contributed by atoms with Gasteiger partial charge in [0, 0.05) is 24.2 Å². The Morgan fingerprint density at radius 1 is 1.04 bits per heavy atom. The van der Waals surface area contributed by atoms with Crippen LogP contribution in [0, 0.1) is 5.92 Å². The molecule has 1 aliphatic heterocycles. The molecule has 1 saturated heterocycles. The first kappa shape index (κ1) is 19.5. The van der Waals surface area contributed by atoms with Gasteiger partial charge in [-0.2, -0.15) is 4.31 Å². The highest BCUT2D eigenvalue weighted by Gasteiger charge is 2.32. The number of aliphatic hydroxyl groups is 1. The van der Waals surface area contributed by atoms with Crippen LogP contribution in [0.15, 0.2) is 51.6 Å². The van der Waals surface area contributed by atoms with E-state index in [1.165, 1.54) is 39.9 Å². The van der Waals surface area contributed by atoms with E-state index in [2.05, 4.69) is 0 Å². The van der Waals surface area contributed by atoms with Crippen LogP contribution in [0.25, 0.3) is 0 Å². The van der Waals surface area contributed by atoms with Crippen molar-refractivity contribution in [1.29, 1.82) is 0 Å². The van der Waals surface area contributed by atoms with Crippen molar-refractivity contribution in [2.24, 2.45) is 5.92 Å². The summed E-state index contributed by atoms with van der Waals surface area (Å²) in [5.74, 6) is 0.0349. The summed E-state index contributed by atoms with van der Waals surface area (Å²) in [4.78, 5) is 1.08. The van der Waals surface area contributed by atoms with E-state index < -0.39 is 26.0 Å². The van der Waals surface area contributed by atoms with Crippen molar-refractivity contribution in [3.05, 3.63) is 46.7 Å². The molecule has 0 bridgehead atoms. The first-order valence-corrected chi connectivity index (χ1v) is 12.4. The number of nitrogens with zero attached hydrogens (tertiary/aromatic N) is 1.